The SMILES string of the molecule is CCC(C(=O)O)N(C)C(=O)c1cccc(Br)c1Cl. The maximum Gasteiger partial charge on any atom is 0.326 e. The third-order valence-corrected chi connectivity index (χ3v) is 3.94. The maximum atomic E-state index is 12.2. The summed E-state index contributed by atoms with van der Waals surface area (Å²) in [4.78, 5) is 24.4. The molecular formula is C12H13BrClNO3. The number of hydrogen-bond acceptors (Lipinski definition) is 2. The van der Waals surface area contributed by atoms with E-state index in [0.717, 1.165) is 0 Å². The molecule has 1 N–H and O–H groups in total. The molecule has 1 aromatic rings. The summed E-state index contributed by atoms with van der Waals surface area (Å²) in [7, 11) is 1.46. The topological polar surface area (TPSA) is 57.6 Å². The molecule has 98 valence electrons. The van der Waals surface area contributed by atoms with Crippen molar-refractivity contribution in [1.29, 1.82) is 0 Å². The fourth-order valence-electron chi connectivity index (χ4n) is 1.61. The van der Waals surface area contributed by atoms with Crippen LogP contribution in [0.15, 0.2) is 22.7 Å². The predicted octanol–water partition coefficient (Wildman–Crippen LogP) is 3.04. The molecule has 0 aliphatic rings. The number of hydrogen-bond donors (Lipinski definition) is 1. The number of benzene rings is 1. The molecule has 0 radical (unpaired) electrons. The molecule has 1 atom stereocenters. The number of amides is 1. The van der Waals surface area contributed by atoms with Crippen LogP contribution in [0, 0.1) is 0 Å². The van der Waals surface area contributed by atoms with Gasteiger partial charge in [-0.15, -0.1) is 0 Å². The molecule has 0 spiro atoms. The van der Waals surface area contributed by atoms with Crippen LogP contribution < -0.4 is 0 Å². The molecule has 0 saturated carbocycles. The normalized spacial score (nSPS) is 12.0. The van der Waals surface area contributed by atoms with Crippen LogP contribution in [-0.4, -0.2) is 35.0 Å². The molecule has 0 fully saturated rings. The first-order valence-electron chi connectivity index (χ1n) is 5.34. The van der Waals surface area contributed by atoms with Gasteiger partial charge in [-0.3, -0.25) is 4.79 Å². The lowest BCUT2D eigenvalue weighted by Crippen LogP contribution is -2.42. The summed E-state index contributed by atoms with van der Waals surface area (Å²) in [6.07, 6.45) is 0.337. The van der Waals surface area contributed by atoms with Gasteiger partial charge < -0.3 is 10.0 Å². The van der Waals surface area contributed by atoms with E-state index in [0.29, 0.717) is 10.9 Å². The standard InChI is InChI=1S/C12H13BrClNO3/c1-3-9(12(17)18)15(2)11(16)7-5-4-6-8(13)10(7)14/h4-6,9H,3H2,1-2H3,(H,17,18). The van der Waals surface area contributed by atoms with Crippen LogP contribution in [-0.2, 0) is 4.79 Å². The van der Waals surface area contributed by atoms with Crippen LogP contribution >= 0.6 is 27.5 Å². The number of halogens is 2. The molecule has 18 heavy (non-hydrogen) atoms. The van der Waals surface area contributed by atoms with Gasteiger partial charge in [0.15, 0.2) is 0 Å². The van der Waals surface area contributed by atoms with E-state index < -0.39 is 17.9 Å². The molecule has 4 nitrogen and oxygen atoms in total. The molecule has 1 unspecified atom stereocenters. The summed E-state index contributed by atoms with van der Waals surface area (Å²) in [5, 5.41) is 9.31. The second-order valence-electron chi connectivity index (χ2n) is 3.78. The van der Waals surface area contributed by atoms with Gasteiger partial charge in [0.1, 0.15) is 6.04 Å². The monoisotopic (exact) mass is 333 g/mol. The number of carboxylic acid groups (broad SMARTS) is 1. The Kier molecular flexibility index (Phi) is 5.16. The minimum atomic E-state index is -1.03. The highest BCUT2D eigenvalue weighted by Gasteiger charge is 2.26. The predicted molar refractivity (Wildman–Crippen MR) is 73.0 cm³/mol. The second-order valence-corrected chi connectivity index (χ2v) is 5.01. The van der Waals surface area contributed by atoms with E-state index in [2.05, 4.69) is 15.9 Å². The van der Waals surface area contributed by atoms with Crippen LogP contribution in [0.5, 0.6) is 0 Å². The molecule has 1 rings (SSSR count). The van der Waals surface area contributed by atoms with Crippen molar-refractivity contribution in [1.82, 2.24) is 4.90 Å². The van der Waals surface area contributed by atoms with Gasteiger partial charge in [0.25, 0.3) is 5.91 Å². The lowest BCUT2D eigenvalue weighted by Gasteiger charge is -2.24. The lowest BCUT2D eigenvalue weighted by molar-refractivity contribution is -0.142. The Labute approximate surface area is 119 Å². The number of likely N-dealkylation sites (N-methyl/N-ethyl adjacent to an activating group) is 1. The van der Waals surface area contributed by atoms with Crippen molar-refractivity contribution in [3.05, 3.63) is 33.3 Å². The van der Waals surface area contributed by atoms with E-state index in [9.17, 15) is 9.59 Å². The molecule has 0 aliphatic heterocycles. The highest BCUT2D eigenvalue weighted by atomic mass is 79.9. The fourth-order valence-corrected chi connectivity index (χ4v) is 2.19. The van der Waals surface area contributed by atoms with Crippen LogP contribution in [0.4, 0.5) is 0 Å². The number of carbonyl (C=O) groups excluding carboxylic acids is 1. The number of carbonyl (C=O) groups is 2. The minimum Gasteiger partial charge on any atom is -0.480 e. The van der Waals surface area contributed by atoms with Crippen molar-refractivity contribution in [2.24, 2.45) is 0 Å². The van der Waals surface area contributed by atoms with Gasteiger partial charge in [-0.1, -0.05) is 24.6 Å². The maximum absolute atomic E-state index is 12.2. The largest absolute Gasteiger partial charge is 0.480 e. The molecule has 0 heterocycles. The number of carboxylic acids is 1. The Balaban J connectivity index is 3.07. The second kappa shape index (κ2) is 6.20. The van der Waals surface area contributed by atoms with E-state index in [-0.39, 0.29) is 10.6 Å². The highest BCUT2D eigenvalue weighted by molar-refractivity contribution is 9.10. The molecule has 1 aromatic carbocycles. The number of nitrogens with zero attached hydrogens (tertiary/aromatic N) is 1. The first kappa shape index (κ1) is 15.0. The third-order valence-electron chi connectivity index (χ3n) is 2.64. The Bertz CT molecular complexity index is 478. The molecular weight excluding hydrogens is 321 g/mol. The van der Waals surface area contributed by atoms with Gasteiger partial charge in [0.2, 0.25) is 0 Å². The van der Waals surface area contributed by atoms with E-state index in [4.69, 9.17) is 16.7 Å². The van der Waals surface area contributed by atoms with Gasteiger partial charge >= 0.3 is 5.97 Å². The summed E-state index contributed by atoms with van der Waals surface area (Å²) in [5.74, 6) is -1.44. The Hall–Kier alpha value is -1.07. The molecule has 0 aliphatic carbocycles. The lowest BCUT2D eigenvalue weighted by atomic mass is 10.1. The van der Waals surface area contributed by atoms with E-state index in [1.807, 2.05) is 0 Å². The van der Waals surface area contributed by atoms with E-state index in [1.54, 1.807) is 25.1 Å². The van der Waals surface area contributed by atoms with Crippen LogP contribution in [0.1, 0.15) is 23.7 Å². The van der Waals surface area contributed by atoms with Crippen LogP contribution in [0.2, 0.25) is 5.02 Å². The zero-order valence-corrected chi connectivity index (χ0v) is 12.3. The van der Waals surface area contributed by atoms with Crippen molar-refractivity contribution in [3.63, 3.8) is 0 Å². The van der Waals surface area contributed by atoms with Crippen molar-refractivity contribution in [2.45, 2.75) is 19.4 Å². The Morgan fingerprint density at radius 1 is 1.50 bits per heavy atom. The zero-order valence-electron chi connectivity index (χ0n) is 9.98. The molecule has 6 heteroatoms. The fraction of sp³-hybridized carbons (Fsp3) is 0.333. The third kappa shape index (κ3) is 3.03. The first-order valence-corrected chi connectivity index (χ1v) is 6.51. The smallest absolute Gasteiger partial charge is 0.326 e. The Morgan fingerprint density at radius 3 is 2.61 bits per heavy atom. The van der Waals surface area contributed by atoms with Crippen molar-refractivity contribution < 1.29 is 14.7 Å². The van der Waals surface area contributed by atoms with Crippen molar-refractivity contribution in [2.75, 3.05) is 7.05 Å². The quantitative estimate of drug-likeness (QED) is 0.921. The van der Waals surface area contributed by atoms with Gasteiger partial charge in [0, 0.05) is 11.5 Å². The van der Waals surface area contributed by atoms with Crippen molar-refractivity contribution in [3.8, 4) is 0 Å². The van der Waals surface area contributed by atoms with Gasteiger partial charge in [0.05, 0.1) is 10.6 Å². The van der Waals surface area contributed by atoms with Crippen LogP contribution in [0.25, 0.3) is 0 Å². The molecule has 0 aromatic heterocycles. The molecule has 1 amide bonds. The molecule has 0 saturated heterocycles. The van der Waals surface area contributed by atoms with E-state index in [1.165, 1.54) is 11.9 Å². The average Bonchev–Trinajstić information content (AvgIpc) is 2.32. The first-order chi connectivity index (χ1) is 8.40. The number of aliphatic carboxylic acids is 1. The summed E-state index contributed by atoms with van der Waals surface area (Å²) in [6, 6.07) is 4.11. The number of rotatable bonds is 4. The highest BCUT2D eigenvalue weighted by Crippen LogP contribution is 2.27. The summed E-state index contributed by atoms with van der Waals surface area (Å²) in [6.45, 7) is 1.71. The zero-order chi connectivity index (χ0) is 13.9. The van der Waals surface area contributed by atoms with Gasteiger partial charge in [-0.2, -0.15) is 0 Å². The Morgan fingerprint density at radius 2 is 2.11 bits per heavy atom. The van der Waals surface area contributed by atoms with Gasteiger partial charge in [-0.05, 0) is 34.5 Å². The van der Waals surface area contributed by atoms with E-state index >= 15 is 0 Å². The summed E-state index contributed by atoms with van der Waals surface area (Å²) < 4.78 is 0.604. The minimum absolute atomic E-state index is 0.285. The van der Waals surface area contributed by atoms with Gasteiger partial charge in [-0.25, -0.2) is 4.79 Å². The average molecular weight is 335 g/mol. The summed E-state index contributed by atoms with van der Waals surface area (Å²) >= 11 is 9.25. The van der Waals surface area contributed by atoms with Crippen LogP contribution in [0.3, 0.4) is 0 Å². The summed E-state index contributed by atoms with van der Waals surface area (Å²) in [5.41, 5.74) is 0.285. The molecule has 0 bridgehead atoms. The van der Waals surface area contributed by atoms with Crippen molar-refractivity contribution >= 4 is 39.4 Å².